The summed E-state index contributed by atoms with van der Waals surface area (Å²) in [7, 11) is 3.19. The van der Waals surface area contributed by atoms with Crippen LogP contribution in [0.1, 0.15) is 43.9 Å². The Labute approximate surface area is 183 Å². The van der Waals surface area contributed by atoms with E-state index in [0.717, 1.165) is 17.5 Å². The molecular weight excluding hydrogens is 398 g/mol. The summed E-state index contributed by atoms with van der Waals surface area (Å²) < 4.78 is 22.4. The monoisotopic (exact) mass is 429 g/mol. The van der Waals surface area contributed by atoms with Gasteiger partial charge in [0.1, 0.15) is 6.04 Å². The molecule has 0 radical (unpaired) electrons. The lowest BCUT2D eigenvalue weighted by atomic mass is 9.95. The minimum absolute atomic E-state index is 0.279. The molecule has 1 aliphatic heterocycles. The van der Waals surface area contributed by atoms with E-state index in [4.69, 9.17) is 18.9 Å². The molecule has 2 aromatic carbocycles. The van der Waals surface area contributed by atoms with Gasteiger partial charge >= 0.3 is 5.97 Å². The highest BCUT2D eigenvalue weighted by Crippen LogP contribution is 2.41. The second kappa shape index (κ2) is 10.4. The molecule has 7 nitrogen and oxygen atoms in total. The molecule has 0 aromatic heterocycles. The third kappa shape index (κ3) is 4.88. The molecule has 3 rings (SSSR count). The average molecular weight is 430 g/mol. The molecule has 0 amide bonds. The third-order valence-electron chi connectivity index (χ3n) is 5.52. The van der Waals surface area contributed by atoms with Gasteiger partial charge in [0, 0.05) is 6.54 Å². The Morgan fingerprint density at radius 3 is 2.13 bits per heavy atom. The van der Waals surface area contributed by atoms with Gasteiger partial charge in [0.2, 0.25) is 0 Å². The first kappa shape index (κ1) is 22.7. The minimum Gasteiger partial charge on any atom is -0.493 e. The number of methoxy groups -OCH3 is 2. The average Bonchev–Trinajstić information content (AvgIpc) is 3.25. The molecule has 0 aliphatic carbocycles. The Balaban J connectivity index is 2.13. The first-order valence-electron chi connectivity index (χ1n) is 10.6. The fraction of sp³-hybridized carbons (Fsp3) is 0.458. The summed E-state index contributed by atoms with van der Waals surface area (Å²) in [4.78, 5) is 14.0. The van der Waals surface area contributed by atoms with Crippen LogP contribution in [0, 0.1) is 0 Å². The molecule has 1 aliphatic rings. The fourth-order valence-electron chi connectivity index (χ4n) is 4.20. The molecule has 0 bridgehead atoms. The number of likely N-dealkylation sites (tertiary alicyclic amines) is 1. The molecule has 1 fully saturated rings. The van der Waals surface area contributed by atoms with E-state index in [1.54, 1.807) is 14.2 Å². The number of nitrogens with zero attached hydrogens (tertiary/aromatic N) is 1. The smallest absolute Gasteiger partial charge is 0.320 e. The Hall–Kier alpha value is -2.93. The Morgan fingerprint density at radius 2 is 1.55 bits per heavy atom. The summed E-state index contributed by atoms with van der Waals surface area (Å²) in [5.41, 5.74) is 1.87. The number of carboxylic acid groups (broad SMARTS) is 1. The van der Waals surface area contributed by atoms with Crippen LogP contribution in [0.4, 0.5) is 0 Å². The molecule has 2 unspecified atom stereocenters. The fourth-order valence-corrected chi connectivity index (χ4v) is 4.20. The number of carboxylic acids is 1. The number of benzene rings is 2. The zero-order chi connectivity index (χ0) is 22.4. The van der Waals surface area contributed by atoms with E-state index >= 15 is 0 Å². The van der Waals surface area contributed by atoms with Crippen molar-refractivity contribution in [1.29, 1.82) is 0 Å². The molecule has 0 saturated carbocycles. The SMILES string of the molecule is CCOc1ccc(C(c2ccc(OC)c(OC)c2)N2CCCC2C(=O)O)cc1OCC. The molecule has 1 heterocycles. The van der Waals surface area contributed by atoms with Crippen molar-refractivity contribution in [3.63, 3.8) is 0 Å². The van der Waals surface area contributed by atoms with Crippen LogP contribution < -0.4 is 18.9 Å². The van der Waals surface area contributed by atoms with Crippen molar-refractivity contribution < 1.29 is 28.8 Å². The van der Waals surface area contributed by atoms with Crippen molar-refractivity contribution in [3.8, 4) is 23.0 Å². The predicted molar refractivity (Wildman–Crippen MR) is 118 cm³/mol. The summed E-state index contributed by atoms with van der Waals surface area (Å²) >= 11 is 0. The Bertz CT molecular complexity index is 900. The van der Waals surface area contributed by atoms with Crippen LogP contribution in [0.5, 0.6) is 23.0 Å². The van der Waals surface area contributed by atoms with Gasteiger partial charge in [-0.15, -0.1) is 0 Å². The second-order valence-electron chi connectivity index (χ2n) is 7.32. The number of rotatable bonds is 10. The molecule has 2 atom stereocenters. The highest BCUT2D eigenvalue weighted by Gasteiger charge is 2.37. The van der Waals surface area contributed by atoms with Gasteiger partial charge in [-0.3, -0.25) is 9.69 Å². The first-order chi connectivity index (χ1) is 15.0. The normalized spacial score (nSPS) is 17.2. The molecule has 0 spiro atoms. The maximum Gasteiger partial charge on any atom is 0.320 e. The lowest BCUT2D eigenvalue weighted by molar-refractivity contribution is -0.142. The summed E-state index contributed by atoms with van der Waals surface area (Å²) in [6.07, 6.45) is 1.45. The van der Waals surface area contributed by atoms with Crippen molar-refractivity contribution >= 4 is 5.97 Å². The van der Waals surface area contributed by atoms with E-state index in [1.807, 2.05) is 55.1 Å². The highest BCUT2D eigenvalue weighted by atomic mass is 16.5. The van der Waals surface area contributed by atoms with E-state index in [1.165, 1.54) is 0 Å². The minimum atomic E-state index is -0.807. The van der Waals surface area contributed by atoms with E-state index < -0.39 is 12.0 Å². The predicted octanol–water partition coefficient (Wildman–Crippen LogP) is 4.14. The number of hydrogen-bond donors (Lipinski definition) is 1. The maximum absolute atomic E-state index is 12.0. The van der Waals surface area contributed by atoms with Gasteiger partial charge in [0.15, 0.2) is 23.0 Å². The van der Waals surface area contributed by atoms with Crippen LogP contribution in [0.3, 0.4) is 0 Å². The van der Waals surface area contributed by atoms with E-state index in [-0.39, 0.29) is 6.04 Å². The van der Waals surface area contributed by atoms with Gasteiger partial charge < -0.3 is 24.1 Å². The van der Waals surface area contributed by atoms with Crippen molar-refractivity contribution in [1.82, 2.24) is 4.90 Å². The van der Waals surface area contributed by atoms with E-state index in [9.17, 15) is 9.90 Å². The zero-order valence-corrected chi connectivity index (χ0v) is 18.6. The summed E-state index contributed by atoms with van der Waals surface area (Å²) in [6, 6.07) is 10.7. The number of carbonyl (C=O) groups is 1. The molecule has 1 saturated heterocycles. The number of ether oxygens (including phenoxy) is 4. The summed E-state index contributed by atoms with van der Waals surface area (Å²) in [6.45, 7) is 5.58. The van der Waals surface area contributed by atoms with Crippen LogP contribution in [-0.2, 0) is 4.79 Å². The van der Waals surface area contributed by atoms with Crippen LogP contribution in [0.2, 0.25) is 0 Å². The standard InChI is InChI=1S/C24H31NO6/c1-5-30-20-12-10-17(15-22(20)31-6-2)23(25-13-7-8-18(25)24(26)27)16-9-11-19(28-3)21(14-16)29-4/h9-12,14-15,18,23H,5-8,13H2,1-4H3,(H,26,27). The van der Waals surface area contributed by atoms with Gasteiger partial charge in [-0.25, -0.2) is 0 Å². The summed E-state index contributed by atoms with van der Waals surface area (Å²) in [5.74, 6) is 1.75. The van der Waals surface area contributed by atoms with Crippen molar-refractivity contribution in [3.05, 3.63) is 47.5 Å². The molecule has 7 heteroatoms. The second-order valence-corrected chi connectivity index (χ2v) is 7.32. The maximum atomic E-state index is 12.0. The lowest BCUT2D eigenvalue weighted by Gasteiger charge is -2.32. The number of hydrogen-bond acceptors (Lipinski definition) is 6. The molecular formula is C24H31NO6. The van der Waals surface area contributed by atoms with Crippen molar-refractivity contribution in [2.24, 2.45) is 0 Å². The molecule has 168 valence electrons. The van der Waals surface area contributed by atoms with Crippen LogP contribution in [-0.4, -0.2) is 56.0 Å². The highest BCUT2D eigenvalue weighted by molar-refractivity contribution is 5.74. The van der Waals surface area contributed by atoms with Gasteiger partial charge in [0.25, 0.3) is 0 Å². The van der Waals surface area contributed by atoms with Gasteiger partial charge in [-0.1, -0.05) is 12.1 Å². The van der Waals surface area contributed by atoms with Crippen LogP contribution >= 0.6 is 0 Å². The molecule has 31 heavy (non-hydrogen) atoms. The first-order valence-corrected chi connectivity index (χ1v) is 10.6. The third-order valence-corrected chi connectivity index (χ3v) is 5.52. The van der Waals surface area contributed by atoms with Gasteiger partial charge in [0.05, 0.1) is 33.5 Å². The van der Waals surface area contributed by atoms with Crippen LogP contribution in [0.15, 0.2) is 36.4 Å². The van der Waals surface area contributed by atoms with Gasteiger partial charge in [-0.05, 0) is 62.1 Å². The van der Waals surface area contributed by atoms with Crippen molar-refractivity contribution in [2.75, 3.05) is 34.0 Å². The van der Waals surface area contributed by atoms with Crippen molar-refractivity contribution in [2.45, 2.75) is 38.8 Å². The molecule has 1 N–H and O–H groups in total. The topological polar surface area (TPSA) is 77.5 Å². The number of aliphatic carboxylic acids is 1. The Kier molecular flexibility index (Phi) is 7.63. The van der Waals surface area contributed by atoms with E-state index in [2.05, 4.69) is 0 Å². The lowest BCUT2D eigenvalue weighted by Crippen LogP contribution is -2.39. The Morgan fingerprint density at radius 1 is 0.968 bits per heavy atom. The van der Waals surface area contributed by atoms with Crippen LogP contribution in [0.25, 0.3) is 0 Å². The summed E-state index contributed by atoms with van der Waals surface area (Å²) in [5, 5.41) is 9.83. The quantitative estimate of drug-likeness (QED) is 0.608. The zero-order valence-electron chi connectivity index (χ0n) is 18.6. The van der Waals surface area contributed by atoms with E-state index in [0.29, 0.717) is 49.2 Å². The molecule has 2 aromatic rings. The largest absolute Gasteiger partial charge is 0.493 e. The van der Waals surface area contributed by atoms with Gasteiger partial charge in [-0.2, -0.15) is 0 Å².